The monoisotopic (exact) mass is 427 g/mol. The summed E-state index contributed by atoms with van der Waals surface area (Å²) in [7, 11) is -3.47. The molecule has 162 valence electrons. The minimum Gasteiger partial charge on any atom is -0.593 e. The lowest BCUT2D eigenvalue weighted by molar-refractivity contribution is 0.157. The van der Waals surface area contributed by atoms with E-state index in [2.05, 4.69) is 52.6 Å². The van der Waals surface area contributed by atoms with Crippen molar-refractivity contribution in [1.82, 2.24) is 9.62 Å². The first kappa shape index (κ1) is 21.5. The number of nitrogens with one attached hydrogen (secondary N) is 1. The summed E-state index contributed by atoms with van der Waals surface area (Å²) in [5.74, 6) is 1.00. The van der Waals surface area contributed by atoms with Crippen LogP contribution in [0.1, 0.15) is 20.3 Å². The second kappa shape index (κ2) is 8.79. The lowest BCUT2D eigenvalue weighted by atomic mass is 9.71. The largest absolute Gasteiger partial charge is 0.593 e. The van der Waals surface area contributed by atoms with E-state index in [-0.39, 0.29) is 5.41 Å². The molecule has 2 aromatic rings. The Morgan fingerprint density at radius 1 is 1.07 bits per heavy atom. The van der Waals surface area contributed by atoms with Crippen LogP contribution in [-0.2, 0) is 14.6 Å². The fourth-order valence-electron chi connectivity index (χ4n) is 4.82. The van der Waals surface area contributed by atoms with Gasteiger partial charge < -0.3 is 14.4 Å². The van der Waals surface area contributed by atoms with Crippen molar-refractivity contribution in [2.45, 2.75) is 25.2 Å². The summed E-state index contributed by atoms with van der Waals surface area (Å²) in [5, 5.41) is 0. The number of sulfonamides is 1. The summed E-state index contributed by atoms with van der Waals surface area (Å²) < 4.78 is 28.4. The summed E-state index contributed by atoms with van der Waals surface area (Å²) in [6.45, 7) is 10.1. The first-order valence-electron chi connectivity index (χ1n) is 11.0. The van der Waals surface area contributed by atoms with Gasteiger partial charge in [0.1, 0.15) is 0 Å². The maximum atomic E-state index is 12.8. The van der Waals surface area contributed by atoms with Crippen molar-refractivity contribution in [2.75, 3.05) is 44.2 Å². The minimum atomic E-state index is -3.47. The molecule has 0 aliphatic carbocycles. The van der Waals surface area contributed by atoms with Crippen molar-refractivity contribution in [3.05, 3.63) is 60.7 Å². The topological polar surface area (TPSA) is 58.6 Å². The zero-order chi connectivity index (χ0) is 21.2. The van der Waals surface area contributed by atoms with Crippen LogP contribution < -0.4 is 9.62 Å². The van der Waals surface area contributed by atoms with Crippen LogP contribution in [0.25, 0.3) is 0 Å². The van der Waals surface area contributed by atoms with E-state index in [4.69, 9.17) is 0 Å². The van der Waals surface area contributed by atoms with Gasteiger partial charge in [-0.05, 0) is 49.1 Å². The van der Waals surface area contributed by atoms with Gasteiger partial charge in [-0.25, -0.2) is 0 Å². The quantitative estimate of drug-likeness (QED) is 0.653. The maximum absolute atomic E-state index is 12.8. The molecule has 0 bridgehead atoms. The summed E-state index contributed by atoms with van der Waals surface area (Å²) in [6, 6.07) is 19.2. The van der Waals surface area contributed by atoms with Crippen LogP contribution in [0.2, 0.25) is 0 Å². The zero-order valence-corrected chi connectivity index (χ0v) is 18.8. The fourth-order valence-corrected chi connectivity index (χ4v) is 5.93. The summed E-state index contributed by atoms with van der Waals surface area (Å²) in [6.07, 6.45) is 1.18. The predicted octanol–water partition coefficient (Wildman–Crippen LogP) is 3.66. The molecule has 2 saturated heterocycles. The van der Waals surface area contributed by atoms with Crippen LogP contribution in [0.4, 0.5) is 5.69 Å². The first-order valence-corrected chi connectivity index (χ1v) is 12.4. The van der Waals surface area contributed by atoms with E-state index in [1.165, 1.54) is 12.1 Å². The van der Waals surface area contributed by atoms with Crippen LogP contribution in [0.15, 0.2) is 65.6 Å². The van der Waals surface area contributed by atoms with E-state index in [0.29, 0.717) is 23.3 Å². The van der Waals surface area contributed by atoms with Crippen molar-refractivity contribution >= 4 is 16.1 Å². The van der Waals surface area contributed by atoms with E-state index in [1.807, 2.05) is 12.1 Å². The molecule has 6 heteroatoms. The number of rotatable bonds is 8. The third kappa shape index (κ3) is 4.62. The van der Waals surface area contributed by atoms with Crippen LogP contribution in [0.5, 0.6) is 0 Å². The van der Waals surface area contributed by atoms with Crippen molar-refractivity contribution < 1.29 is 8.76 Å². The summed E-state index contributed by atoms with van der Waals surface area (Å²) in [4.78, 5) is 5.31. The van der Waals surface area contributed by atoms with Gasteiger partial charge in [0.15, 0.2) is 15.3 Å². The highest BCUT2D eigenvalue weighted by atomic mass is 32.3. The number of likely N-dealkylation sites (tertiary alicyclic amines) is 1. The van der Waals surface area contributed by atoms with Gasteiger partial charge in [-0.1, -0.05) is 54.5 Å². The average molecular weight is 428 g/mol. The predicted molar refractivity (Wildman–Crippen MR) is 122 cm³/mol. The lowest BCUT2D eigenvalue weighted by Gasteiger charge is -2.52. The molecule has 5 nitrogen and oxygen atoms in total. The first-order chi connectivity index (χ1) is 14.4. The molecule has 1 spiro atoms. The van der Waals surface area contributed by atoms with Crippen molar-refractivity contribution in [3.63, 3.8) is 0 Å². The third-order valence-electron chi connectivity index (χ3n) is 6.61. The molecule has 2 aliphatic heterocycles. The summed E-state index contributed by atoms with van der Waals surface area (Å²) in [5.41, 5.74) is 1.42. The fraction of sp³-hybridized carbons (Fsp3) is 0.500. The van der Waals surface area contributed by atoms with Crippen LogP contribution >= 0.6 is 0 Å². The molecule has 2 unspecified atom stereocenters. The van der Waals surface area contributed by atoms with Crippen molar-refractivity contribution in [3.8, 4) is 0 Å². The Morgan fingerprint density at radius 2 is 1.70 bits per heavy atom. The molecule has 2 heterocycles. The van der Waals surface area contributed by atoms with Gasteiger partial charge in [-0.3, -0.25) is 0 Å². The molecule has 1 N–H and O–H groups in total. The van der Waals surface area contributed by atoms with E-state index in [9.17, 15) is 8.76 Å². The van der Waals surface area contributed by atoms with E-state index >= 15 is 0 Å². The Bertz CT molecular complexity index is 869. The Morgan fingerprint density at radius 3 is 2.33 bits per heavy atom. The van der Waals surface area contributed by atoms with Crippen molar-refractivity contribution in [1.29, 1.82) is 0 Å². The van der Waals surface area contributed by atoms with Crippen molar-refractivity contribution in [2.24, 2.45) is 17.3 Å². The Labute approximate surface area is 181 Å². The Kier molecular flexibility index (Phi) is 6.30. The highest BCUT2D eigenvalue weighted by Crippen LogP contribution is 2.45. The Balaban J connectivity index is 1.44. The smallest absolute Gasteiger partial charge is 0.175 e. The molecular formula is C24H33N3O2S. The molecule has 30 heavy (non-hydrogen) atoms. The third-order valence-corrected chi connectivity index (χ3v) is 8.05. The van der Waals surface area contributed by atoms with E-state index in [1.54, 1.807) is 24.3 Å². The number of nitrogens with zero attached hydrogens (tertiary/aromatic N) is 2. The zero-order valence-electron chi connectivity index (χ0n) is 18.0. The Hall–Kier alpha value is -1.73. The molecule has 0 amide bonds. The van der Waals surface area contributed by atoms with Crippen LogP contribution in [-0.4, -0.2) is 48.7 Å². The highest BCUT2D eigenvalue weighted by Gasteiger charge is 2.54. The molecule has 0 saturated carbocycles. The average Bonchev–Trinajstić information content (AvgIpc) is 3.10. The van der Waals surface area contributed by atoms with Gasteiger partial charge in [0.25, 0.3) is 0 Å². The number of hydrogen-bond acceptors (Lipinski definition) is 4. The lowest BCUT2D eigenvalue weighted by Crippen LogP contribution is -2.62. The van der Waals surface area contributed by atoms with E-state index in [0.717, 1.165) is 32.7 Å². The van der Waals surface area contributed by atoms with Gasteiger partial charge in [0, 0.05) is 43.8 Å². The van der Waals surface area contributed by atoms with Gasteiger partial charge in [0.2, 0.25) is 0 Å². The van der Waals surface area contributed by atoms with Gasteiger partial charge >= 0.3 is 0 Å². The molecular weight excluding hydrogens is 394 g/mol. The van der Waals surface area contributed by atoms with Gasteiger partial charge in [-0.2, -0.15) is 0 Å². The molecule has 0 aromatic heterocycles. The molecule has 0 radical (unpaired) electrons. The van der Waals surface area contributed by atoms with E-state index < -0.39 is 10.4 Å². The molecule has 4 rings (SSSR count). The number of hydrogen-bond donors (Lipinski definition) is 1. The number of para-hydroxylation sites is 1. The summed E-state index contributed by atoms with van der Waals surface area (Å²) >= 11 is 0. The molecule has 2 atom stereocenters. The molecule has 2 fully saturated rings. The second-order valence-corrected chi connectivity index (χ2v) is 11.1. The van der Waals surface area contributed by atoms with Gasteiger partial charge in [-0.15, -0.1) is 4.72 Å². The SMILES string of the molecule is CC(C)CCN1CC(CN[S+](=O)([O-])c2ccccc2)C2(C1)CN(c1ccccc1)C2. The van der Waals surface area contributed by atoms with Gasteiger partial charge in [0.05, 0.1) is 0 Å². The molecule has 2 aliphatic rings. The van der Waals surface area contributed by atoms with Crippen LogP contribution in [0, 0.1) is 17.3 Å². The second-order valence-electron chi connectivity index (χ2n) is 9.33. The molecule has 2 aromatic carbocycles. The highest BCUT2D eigenvalue weighted by molar-refractivity contribution is 7.95. The number of benzene rings is 2. The minimum absolute atomic E-state index is 0.159. The van der Waals surface area contributed by atoms with Crippen LogP contribution in [0.3, 0.4) is 0 Å². The maximum Gasteiger partial charge on any atom is 0.175 e. The normalized spacial score (nSPS) is 22.9. The standard InChI is InChI=1S/C24H33N3O2S/c1-20(2)13-14-26-16-21(15-25-30(28,29)23-11-7-4-8-12-23)24(17-26)18-27(19-24)22-9-5-3-6-10-22/h3-12,20-21H,13-19H2,1-2H3,(H-,25,28,29). The number of anilines is 1.